The fourth-order valence-electron chi connectivity index (χ4n) is 2.67. The number of pyridine rings is 1. The second-order valence-corrected chi connectivity index (χ2v) is 5.77. The molecule has 2 heterocycles. The van der Waals surface area contributed by atoms with Crippen LogP contribution in [0.2, 0.25) is 0 Å². The molecular weight excluding hydrogens is 274 g/mol. The van der Waals surface area contributed by atoms with Gasteiger partial charge in [0.05, 0.1) is 0 Å². The van der Waals surface area contributed by atoms with E-state index in [9.17, 15) is 9.59 Å². The molecule has 2 aromatic heterocycles. The van der Waals surface area contributed by atoms with Crippen LogP contribution in [0.4, 0.5) is 5.82 Å². The number of aromatic nitrogens is 2. The molecule has 104 valence electrons. The van der Waals surface area contributed by atoms with Crippen LogP contribution >= 0.6 is 11.5 Å². The lowest BCUT2D eigenvalue weighted by molar-refractivity contribution is 0.102. The third-order valence-electron chi connectivity index (χ3n) is 3.84. The van der Waals surface area contributed by atoms with Gasteiger partial charge < -0.3 is 9.88 Å². The summed E-state index contributed by atoms with van der Waals surface area (Å²) in [6, 6.07) is 3.46. The van der Waals surface area contributed by atoms with Gasteiger partial charge in [-0.25, -0.2) is 0 Å². The maximum atomic E-state index is 12.3. The van der Waals surface area contributed by atoms with Crippen molar-refractivity contribution in [2.24, 2.45) is 7.05 Å². The van der Waals surface area contributed by atoms with Gasteiger partial charge in [0.25, 0.3) is 11.5 Å². The molecule has 1 aliphatic rings. The Kier molecular flexibility index (Phi) is 3.17. The van der Waals surface area contributed by atoms with Gasteiger partial charge in [-0.05, 0) is 48.0 Å². The molecule has 0 saturated carbocycles. The lowest BCUT2D eigenvalue weighted by Gasteiger charge is -2.11. The Morgan fingerprint density at radius 1 is 1.55 bits per heavy atom. The van der Waals surface area contributed by atoms with Crippen LogP contribution in [0.15, 0.2) is 22.3 Å². The van der Waals surface area contributed by atoms with Crippen molar-refractivity contribution in [3.63, 3.8) is 0 Å². The number of nitrogens with one attached hydrogen (secondary N) is 1. The zero-order valence-corrected chi connectivity index (χ0v) is 12.2. The molecule has 3 rings (SSSR count). The van der Waals surface area contributed by atoms with Crippen LogP contribution in [0.25, 0.3) is 0 Å². The van der Waals surface area contributed by atoms with Crippen LogP contribution in [0.5, 0.6) is 0 Å². The highest BCUT2D eigenvalue weighted by atomic mass is 32.1. The minimum absolute atomic E-state index is 0.188. The maximum Gasteiger partial charge on any atom is 0.263 e. The second kappa shape index (κ2) is 4.86. The Balaban J connectivity index is 2.02. The van der Waals surface area contributed by atoms with Crippen molar-refractivity contribution in [2.75, 3.05) is 5.32 Å². The number of carbonyl (C=O) groups excluding carboxylic acids is 1. The Morgan fingerprint density at radius 3 is 3.05 bits per heavy atom. The Labute approximate surface area is 120 Å². The van der Waals surface area contributed by atoms with Gasteiger partial charge in [0.2, 0.25) is 0 Å². The minimum atomic E-state index is -0.390. The molecular formula is C14H15N3O2S. The number of amides is 1. The number of anilines is 1. The van der Waals surface area contributed by atoms with Crippen LogP contribution in [0, 0.1) is 0 Å². The molecule has 1 N–H and O–H groups in total. The zero-order chi connectivity index (χ0) is 14.3. The topological polar surface area (TPSA) is 64.0 Å². The van der Waals surface area contributed by atoms with E-state index in [1.807, 2.05) is 0 Å². The predicted molar refractivity (Wildman–Crippen MR) is 78.5 cm³/mol. The molecule has 0 aliphatic heterocycles. The van der Waals surface area contributed by atoms with Crippen LogP contribution in [0.3, 0.4) is 0 Å². The van der Waals surface area contributed by atoms with E-state index in [2.05, 4.69) is 16.6 Å². The molecule has 0 saturated heterocycles. The van der Waals surface area contributed by atoms with Gasteiger partial charge >= 0.3 is 0 Å². The summed E-state index contributed by atoms with van der Waals surface area (Å²) in [5.74, 6) is 0.483. The van der Waals surface area contributed by atoms with Gasteiger partial charge in [0.15, 0.2) is 0 Å². The summed E-state index contributed by atoms with van der Waals surface area (Å²) in [7, 11) is 1.73. The van der Waals surface area contributed by atoms with Crippen LogP contribution in [-0.4, -0.2) is 14.8 Å². The van der Waals surface area contributed by atoms with E-state index in [0.29, 0.717) is 11.7 Å². The molecule has 6 heteroatoms. The molecule has 5 nitrogen and oxygen atoms in total. The first-order valence-corrected chi connectivity index (χ1v) is 7.36. The predicted octanol–water partition coefficient (Wildman–Crippen LogP) is 2.14. The Hall–Kier alpha value is -1.95. The quantitative estimate of drug-likeness (QED) is 0.921. The summed E-state index contributed by atoms with van der Waals surface area (Å²) in [6.45, 7) is 2.12. The van der Waals surface area contributed by atoms with Crippen molar-refractivity contribution < 1.29 is 4.79 Å². The van der Waals surface area contributed by atoms with Gasteiger partial charge in [-0.2, -0.15) is 4.37 Å². The van der Waals surface area contributed by atoms with Crippen LogP contribution in [-0.2, 0) is 13.5 Å². The van der Waals surface area contributed by atoms with Crippen molar-refractivity contribution in [3.8, 4) is 0 Å². The van der Waals surface area contributed by atoms with Crippen molar-refractivity contribution in [2.45, 2.75) is 25.7 Å². The lowest BCUT2D eigenvalue weighted by atomic mass is 10.0. The third-order valence-corrected chi connectivity index (χ3v) is 4.40. The van der Waals surface area contributed by atoms with E-state index in [4.69, 9.17) is 0 Å². The third kappa shape index (κ3) is 2.06. The molecule has 0 fully saturated rings. The van der Waals surface area contributed by atoms with Gasteiger partial charge in [-0.1, -0.05) is 6.92 Å². The van der Waals surface area contributed by atoms with E-state index >= 15 is 0 Å². The lowest BCUT2D eigenvalue weighted by Crippen LogP contribution is -2.29. The highest BCUT2D eigenvalue weighted by Gasteiger charge is 2.25. The van der Waals surface area contributed by atoms with Crippen molar-refractivity contribution in [1.29, 1.82) is 0 Å². The maximum absolute atomic E-state index is 12.3. The summed E-state index contributed by atoms with van der Waals surface area (Å²) in [6.07, 6.45) is 1.93. The average molecular weight is 289 g/mol. The average Bonchev–Trinajstić information content (AvgIpc) is 3.04. The van der Waals surface area contributed by atoms with E-state index < -0.39 is 5.91 Å². The number of hydrogen-bond donors (Lipinski definition) is 1. The Bertz CT molecular complexity index is 719. The standard InChI is InChI=1S/C14H15N3O2S/c1-8-3-4-11-9(8)7-10(14(19)17(11)2)13(18)15-12-5-6-20-16-12/h5-8H,3-4H2,1-2H3,(H,15,16,18)/t8-/m0/s1. The van der Waals surface area contributed by atoms with Crippen LogP contribution in [0.1, 0.15) is 40.9 Å². The molecule has 1 aliphatic carbocycles. The number of carbonyl (C=O) groups is 1. The molecule has 1 amide bonds. The van der Waals surface area contributed by atoms with E-state index in [1.54, 1.807) is 29.1 Å². The molecule has 20 heavy (non-hydrogen) atoms. The van der Waals surface area contributed by atoms with Gasteiger partial charge in [-0.15, -0.1) is 0 Å². The fraction of sp³-hybridized carbons (Fsp3) is 0.357. The number of nitrogens with zero attached hydrogens (tertiary/aromatic N) is 2. The van der Waals surface area contributed by atoms with Crippen molar-refractivity contribution >= 4 is 23.3 Å². The fourth-order valence-corrected chi connectivity index (χ4v) is 3.14. The smallest absolute Gasteiger partial charge is 0.263 e. The number of fused-ring (bicyclic) bond motifs is 1. The van der Waals surface area contributed by atoms with E-state index in [1.165, 1.54) is 11.5 Å². The highest BCUT2D eigenvalue weighted by molar-refractivity contribution is 7.03. The van der Waals surface area contributed by atoms with Gasteiger partial charge in [-0.3, -0.25) is 9.59 Å². The van der Waals surface area contributed by atoms with E-state index in [-0.39, 0.29) is 11.1 Å². The molecule has 0 bridgehead atoms. The molecule has 0 unspecified atom stereocenters. The number of hydrogen-bond acceptors (Lipinski definition) is 4. The van der Waals surface area contributed by atoms with Gasteiger partial charge in [0, 0.05) is 18.1 Å². The molecule has 0 spiro atoms. The second-order valence-electron chi connectivity index (χ2n) is 5.10. The normalized spacial score (nSPS) is 17.0. The number of rotatable bonds is 2. The van der Waals surface area contributed by atoms with Crippen molar-refractivity contribution in [1.82, 2.24) is 8.94 Å². The van der Waals surface area contributed by atoms with E-state index in [0.717, 1.165) is 24.1 Å². The monoisotopic (exact) mass is 289 g/mol. The Morgan fingerprint density at radius 2 is 2.35 bits per heavy atom. The first-order valence-electron chi connectivity index (χ1n) is 6.52. The van der Waals surface area contributed by atoms with Crippen LogP contribution < -0.4 is 10.9 Å². The minimum Gasteiger partial charge on any atom is -0.315 e. The molecule has 2 aromatic rings. The summed E-state index contributed by atoms with van der Waals surface area (Å²) in [5.41, 5.74) is 2.10. The summed E-state index contributed by atoms with van der Waals surface area (Å²) >= 11 is 1.26. The summed E-state index contributed by atoms with van der Waals surface area (Å²) in [5, 5.41) is 4.44. The zero-order valence-electron chi connectivity index (χ0n) is 11.3. The highest BCUT2D eigenvalue weighted by Crippen LogP contribution is 2.31. The largest absolute Gasteiger partial charge is 0.315 e. The summed E-state index contributed by atoms with van der Waals surface area (Å²) in [4.78, 5) is 24.5. The first kappa shape index (κ1) is 13.1. The first-order chi connectivity index (χ1) is 9.58. The molecule has 1 atom stereocenters. The summed E-state index contributed by atoms with van der Waals surface area (Å²) < 4.78 is 5.63. The molecule has 0 aromatic carbocycles. The van der Waals surface area contributed by atoms with Gasteiger partial charge in [0.1, 0.15) is 11.4 Å². The molecule has 0 radical (unpaired) electrons. The SMILES string of the molecule is C[C@H]1CCc2c1cc(C(=O)Nc1ccsn1)c(=O)n2C. The van der Waals surface area contributed by atoms with Crippen molar-refractivity contribution in [3.05, 3.63) is 44.7 Å².